The van der Waals surface area contributed by atoms with Crippen LogP contribution in [0.15, 0.2) is 83.7 Å². The van der Waals surface area contributed by atoms with Gasteiger partial charge in [-0.15, -0.1) is 0 Å². The monoisotopic (exact) mass is 483 g/mol. The van der Waals surface area contributed by atoms with Gasteiger partial charge in [0.15, 0.2) is 5.69 Å². The Labute approximate surface area is 210 Å². The number of hydrogen-bond acceptors (Lipinski definition) is 6. The van der Waals surface area contributed by atoms with Crippen LogP contribution in [0.25, 0.3) is 17.0 Å². The molecule has 1 N–H and O–H groups in total. The Morgan fingerprint density at radius 1 is 1.03 bits per heavy atom. The molecule has 8 nitrogen and oxygen atoms in total. The second-order valence-corrected chi connectivity index (χ2v) is 8.54. The van der Waals surface area contributed by atoms with E-state index in [0.717, 1.165) is 41.4 Å². The zero-order chi connectivity index (χ0) is 24.7. The van der Waals surface area contributed by atoms with Crippen LogP contribution in [0.4, 0.5) is 0 Å². The van der Waals surface area contributed by atoms with E-state index < -0.39 is 0 Å². The number of ether oxygens (including phenoxy) is 2. The first-order valence-corrected chi connectivity index (χ1v) is 12.1. The third-order valence-electron chi connectivity index (χ3n) is 6.13. The highest BCUT2D eigenvalue weighted by Crippen LogP contribution is 2.27. The van der Waals surface area contributed by atoms with Crippen LogP contribution in [-0.4, -0.2) is 60.1 Å². The summed E-state index contributed by atoms with van der Waals surface area (Å²) in [6.07, 6.45) is 6.28. The van der Waals surface area contributed by atoms with Gasteiger partial charge in [0, 0.05) is 31.7 Å². The van der Waals surface area contributed by atoms with Gasteiger partial charge >= 0.3 is 0 Å². The number of benzene rings is 2. The van der Waals surface area contributed by atoms with Crippen molar-refractivity contribution in [2.24, 2.45) is 4.99 Å². The molecule has 0 aliphatic carbocycles. The number of methoxy groups -OCH3 is 1. The molecule has 1 fully saturated rings. The minimum absolute atomic E-state index is 0.0684. The van der Waals surface area contributed by atoms with Crippen molar-refractivity contribution < 1.29 is 14.3 Å². The van der Waals surface area contributed by atoms with Gasteiger partial charge in [-0.25, -0.2) is 9.67 Å². The van der Waals surface area contributed by atoms with Crippen molar-refractivity contribution in [3.05, 3.63) is 90.0 Å². The van der Waals surface area contributed by atoms with Crippen LogP contribution >= 0.6 is 0 Å². The van der Waals surface area contributed by atoms with Gasteiger partial charge in [0.1, 0.15) is 12.4 Å². The minimum atomic E-state index is -0.0684. The lowest BCUT2D eigenvalue weighted by atomic mass is 10.1. The molecule has 0 spiro atoms. The Bertz CT molecular complexity index is 1290. The van der Waals surface area contributed by atoms with Crippen LogP contribution in [0.3, 0.4) is 0 Å². The lowest BCUT2D eigenvalue weighted by Gasteiger charge is -2.26. The number of carbonyl (C=O) groups is 1. The first kappa shape index (κ1) is 23.6. The fourth-order valence-corrected chi connectivity index (χ4v) is 4.17. The van der Waals surface area contributed by atoms with Crippen molar-refractivity contribution >= 4 is 17.8 Å². The van der Waals surface area contributed by atoms with Crippen molar-refractivity contribution in [3.8, 4) is 17.0 Å². The van der Waals surface area contributed by atoms with Gasteiger partial charge in [0.25, 0.3) is 5.91 Å². The van der Waals surface area contributed by atoms with Crippen LogP contribution in [0.1, 0.15) is 22.5 Å². The van der Waals surface area contributed by atoms with E-state index in [1.807, 2.05) is 77.7 Å². The highest BCUT2D eigenvalue weighted by atomic mass is 16.5. The summed E-state index contributed by atoms with van der Waals surface area (Å²) in [4.78, 5) is 19.5. The van der Waals surface area contributed by atoms with Gasteiger partial charge in [-0.05, 0) is 48.4 Å². The number of carbonyl (C=O) groups excluding carboxylic acids is 1. The van der Waals surface area contributed by atoms with E-state index in [-0.39, 0.29) is 5.91 Å². The van der Waals surface area contributed by atoms with E-state index in [2.05, 4.69) is 10.3 Å². The molecular formula is C28H29N5O3. The van der Waals surface area contributed by atoms with E-state index in [4.69, 9.17) is 14.6 Å². The molecule has 0 atom stereocenters. The number of amides is 1. The number of nitrogens with one attached hydrogen (secondary N) is 1. The molecule has 0 bridgehead atoms. The van der Waals surface area contributed by atoms with Gasteiger partial charge in [0.2, 0.25) is 5.88 Å². The normalized spacial score (nSPS) is 15.6. The first-order chi connectivity index (χ1) is 17.7. The third kappa shape index (κ3) is 5.39. The number of piperazine rings is 1. The second-order valence-electron chi connectivity index (χ2n) is 8.54. The predicted molar refractivity (Wildman–Crippen MR) is 140 cm³/mol. The summed E-state index contributed by atoms with van der Waals surface area (Å²) in [5.41, 5.74) is 4.03. The number of aromatic nitrogens is 2. The topological polar surface area (TPSA) is 81.0 Å². The smallest absolute Gasteiger partial charge is 0.274 e. The van der Waals surface area contributed by atoms with E-state index in [9.17, 15) is 4.79 Å². The predicted octanol–water partition coefficient (Wildman–Crippen LogP) is 3.98. The average Bonchev–Trinajstić information content (AvgIpc) is 3.24. The van der Waals surface area contributed by atoms with Crippen molar-refractivity contribution in [1.29, 1.82) is 0 Å². The Kier molecular flexibility index (Phi) is 7.23. The highest BCUT2D eigenvalue weighted by molar-refractivity contribution is 6.04. The number of aliphatic imine (C=N–C) groups is 1. The Morgan fingerprint density at radius 2 is 1.81 bits per heavy atom. The number of nitrogens with zero attached hydrogens (tertiary/aromatic N) is 4. The molecular weight excluding hydrogens is 454 g/mol. The van der Waals surface area contributed by atoms with Gasteiger partial charge in [0.05, 0.1) is 24.7 Å². The van der Waals surface area contributed by atoms with Crippen molar-refractivity contribution in [2.75, 3.05) is 33.3 Å². The summed E-state index contributed by atoms with van der Waals surface area (Å²) >= 11 is 0. The zero-order valence-corrected chi connectivity index (χ0v) is 20.3. The molecule has 1 saturated heterocycles. The molecule has 184 valence electrons. The van der Waals surface area contributed by atoms with Crippen molar-refractivity contribution in [3.63, 3.8) is 0 Å². The van der Waals surface area contributed by atoms with Crippen LogP contribution in [-0.2, 0) is 11.3 Å². The second kappa shape index (κ2) is 11.0. The van der Waals surface area contributed by atoms with Crippen LogP contribution in [0.2, 0.25) is 0 Å². The SMILES string of the molecule is COC1=CCC=C(n2nc(C(=O)N3CCNCC3)cc2-c2ccc(OCc3ccccc3)cc2)C=N1. The summed E-state index contributed by atoms with van der Waals surface area (Å²) in [6, 6.07) is 19.8. The highest BCUT2D eigenvalue weighted by Gasteiger charge is 2.23. The molecule has 8 heteroatoms. The average molecular weight is 484 g/mol. The van der Waals surface area contributed by atoms with Crippen LogP contribution in [0, 0.1) is 0 Å². The molecule has 5 rings (SSSR count). The van der Waals surface area contributed by atoms with E-state index in [1.165, 1.54) is 0 Å². The molecule has 0 saturated carbocycles. The molecule has 0 radical (unpaired) electrons. The summed E-state index contributed by atoms with van der Waals surface area (Å²) in [6.45, 7) is 3.40. The summed E-state index contributed by atoms with van der Waals surface area (Å²) in [5.74, 6) is 1.25. The molecule has 1 aromatic heterocycles. The lowest BCUT2D eigenvalue weighted by molar-refractivity contribution is 0.0729. The van der Waals surface area contributed by atoms with E-state index in [1.54, 1.807) is 18.0 Å². The zero-order valence-electron chi connectivity index (χ0n) is 20.3. The molecule has 2 aromatic carbocycles. The van der Waals surface area contributed by atoms with Crippen molar-refractivity contribution in [2.45, 2.75) is 13.0 Å². The quantitative estimate of drug-likeness (QED) is 0.550. The lowest BCUT2D eigenvalue weighted by Crippen LogP contribution is -2.46. The molecule has 2 aliphatic heterocycles. The molecule has 0 unspecified atom stereocenters. The van der Waals surface area contributed by atoms with Gasteiger partial charge in [-0.3, -0.25) is 4.79 Å². The summed E-state index contributed by atoms with van der Waals surface area (Å²) < 4.78 is 13.0. The molecule has 1 amide bonds. The number of rotatable bonds is 7. The number of hydrogen-bond donors (Lipinski definition) is 1. The van der Waals surface area contributed by atoms with Gasteiger partial charge < -0.3 is 19.7 Å². The van der Waals surface area contributed by atoms with Gasteiger partial charge in [-0.1, -0.05) is 36.4 Å². The molecule has 3 aromatic rings. The fraction of sp³-hybridized carbons (Fsp3) is 0.250. The Balaban J connectivity index is 1.43. The molecule has 2 aliphatic rings. The largest absolute Gasteiger partial charge is 0.489 e. The summed E-state index contributed by atoms with van der Waals surface area (Å²) in [5, 5.41) is 8.01. The minimum Gasteiger partial charge on any atom is -0.489 e. The van der Waals surface area contributed by atoms with E-state index in [0.29, 0.717) is 37.7 Å². The molecule has 3 heterocycles. The van der Waals surface area contributed by atoms with E-state index >= 15 is 0 Å². The first-order valence-electron chi connectivity index (χ1n) is 12.1. The third-order valence-corrected chi connectivity index (χ3v) is 6.13. The molecule has 36 heavy (non-hydrogen) atoms. The standard InChI is InChI=1S/C28H29N5O3/c1-35-27-9-5-8-23(19-30-27)33-26(18-25(31-33)28(34)32-16-14-29-15-17-32)22-10-12-24(13-11-22)36-20-21-6-3-2-4-7-21/h2-4,6-13,18-19,29H,5,14-17,20H2,1H3. The van der Waals surface area contributed by atoms with Gasteiger partial charge in [-0.2, -0.15) is 5.10 Å². The maximum Gasteiger partial charge on any atom is 0.274 e. The maximum atomic E-state index is 13.2. The maximum absolute atomic E-state index is 13.2. The fourth-order valence-electron chi connectivity index (χ4n) is 4.17. The number of allylic oxidation sites excluding steroid dienone is 3. The Morgan fingerprint density at radius 3 is 2.56 bits per heavy atom. The Hall–Kier alpha value is -4.17. The van der Waals surface area contributed by atoms with Crippen molar-refractivity contribution in [1.82, 2.24) is 20.0 Å². The van der Waals surface area contributed by atoms with Crippen LogP contribution in [0.5, 0.6) is 5.75 Å². The summed E-state index contributed by atoms with van der Waals surface area (Å²) in [7, 11) is 1.60. The van der Waals surface area contributed by atoms with Crippen LogP contribution < -0.4 is 10.1 Å².